The lowest BCUT2D eigenvalue weighted by atomic mass is 10.3. The number of furan rings is 1. The Morgan fingerprint density at radius 3 is 2.52 bits per heavy atom. The van der Waals surface area contributed by atoms with Crippen molar-refractivity contribution in [2.45, 2.75) is 0 Å². The van der Waals surface area contributed by atoms with E-state index in [1.54, 1.807) is 10.8 Å². The van der Waals surface area contributed by atoms with Crippen LogP contribution in [0.5, 0.6) is 0 Å². The summed E-state index contributed by atoms with van der Waals surface area (Å²) in [5.74, 6) is 1.80. The van der Waals surface area contributed by atoms with E-state index < -0.39 is 0 Å². The fraction of sp³-hybridized carbons (Fsp3) is 0. The number of para-hydroxylation sites is 3. The van der Waals surface area contributed by atoms with Crippen molar-refractivity contribution in [1.82, 2.24) is 19.6 Å². The van der Waals surface area contributed by atoms with Crippen LogP contribution in [-0.2, 0) is 0 Å². The Balaban J connectivity index is 1.77. The lowest BCUT2D eigenvalue weighted by Crippen LogP contribution is -2.00. The highest BCUT2D eigenvalue weighted by Crippen LogP contribution is 2.26. The maximum Gasteiger partial charge on any atom is 0.218 e. The van der Waals surface area contributed by atoms with Crippen molar-refractivity contribution < 1.29 is 4.42 Å². The molecule has 25 heavy (non-hydrogen) atoms. The molecule has 0 saturated carbocycles. The highest BCUT2D eigenvalue weighted by Gasteiger charge is 2.16. The number of nitrogens with zero attached hydrogens (tertiary/aromatic N) is 4. The number of hydrogen-bond acceptors (Lipinski definition) is 5. The first-order valence-electron chi connectivity index (χ1n) is 7.90. The Morgan fingerprint density at radius 1 is 0.840 bits per heavy atom. The molecule has 0 radical (unpaired) electrons. The SMILES string of the molecule is c1ccc(Nc2nc3ccccc3n3nc(-c4ccco4)nc23)cc1. The van der Waals surface area contributed by atoms with E-state index in [2.05, 4.69) is 15.4 Å². The van der Waals surface area contributed by atoms with E-state index in [4.69, 9.17) is 9.40 Å². The van der Waals surface area contributed by atoms with E-state index in [-0.39, 0.29) is 0 Å². The molecule has 2 aromatic carbocycles. The van der Waals surface area contributed by atoms with Gasteiger partial charge in [0.15, 0.2) is 17.2 Å². The molecule has 120 valence electrons. The molecule has 0 aliphatic heterocycles. The maximum atomic E-state index is 5.44. The highest BCUT2D eigenvalue weighted by molar-refractivity contribution is 5.84. The van der Waals surface area contributed by atoms with Crippen molar-refractivity contribution in [2.75, 3.05) is 5.32 Å². The van der Waals surface area contributed by atoms with Crippen LogP contribution in [-0.4, -0.2) is 19.6 Å². The number of anilines is 2. The standard InChI is InChI=1S/C19H13N5O/c1-2-7-13(8-3-1)20-18-19-22-17(16-11-6-12-25-16)23-24(19)15-10-5-4-9-14(15)21-18/h1-12H,(H,20,21). The molecule has 0 aliphatic rings. The Hall–Kier alpha value is -3.67. The molecule has 6 nitrogen and oxygen atoms in total. The minimum Gasteiger partial charge on any atom is -0.461 e. The van der Waals surface area contributed by atoms with Gasteiger partial charge in [-0.15, -0.1) is 5.10 Å². The molecule has 0 saturated heterocycles. The summed E-state index contributed by atoms with van der Waals surface area (Å²) in [4.78, 5) is 9.36. The molecule has 3 heterocycles. The fourth-order valence-electron chi connectivity index (χ4n) is 2.79. The maximum absolute atomic E-state index is 5.44. The van der Waals surface area contributed by atoms with Crippen molar-refractivity contribution in [1.29, 1.82) is 0 Å². The highest BCUT2D eigenvalue weighted by atomic mass is 16.3. The lowest BCUT2D eigenvalue weighted by Gasteiger charge is -2.08. The molecule has 0 bridgehead atoms. The molecule has 1 N–H and O–H groups in total. The number of aromatic nitrogens is 4. The van der Waals surface area contributed by atoms with Gasteiger partial charge < -0.3 is 9.73 Å². The second kappa shape index (κ2) is 5.45. The second-order valence-electron chi connectivity index (χ2n) is 5.59. The number of hydrogen-bond donors (Lipinski definition) is 1. The summed E-state index contributed by atoms with van der Waals surface area (Å²) in [6.45, 7) is 0. The van der Waals surface area contributed by atoms with Crippen LogP contribution >= 0.6 is 0 Å². The van der Waals surface area contributed by atoms with Crippen LogP contribution in [0.2, 0.25) is 0 Å². The van der Waals surface area contributed by atoms with E-state index in [1.807, 2.05) is 66.7 Å². The molecule has 0 amide bonds. The van der Waals surface area contributed by atoms with E-state index >= 15 is 0 Å². The minimum atomic E-state index is 0.527. The minimum absolute atomic E-state index is 0.527. The zero-order valence-corrected chi connectivity index (χ0v) is 13.1. The third kappa shape index (κ3) is 2.31. The average Bonchev–Trinajstić information content (AvgIpc) is 3.32. The molecule has 0 atom stereocenters. The Kier molecular flexibility index (Phi) is 3.00. The summed E-state index contributed by atoms with van der Waals surface area (Å²) >= 11 is 0. The van der Waals surface area contributed by atoms with Gasteiger partial charge in [-0.05, 0) is 36.4 Å². The molecular weight excluding hydrogens is 314 g/mol. The molecule has 0 fully saturated rings. The van der Waals surface area contributed by atoms with Crippen molar-refractivity contribution in [2.24, 2.45) is 0 Å². The van der Waals surface area contributed by atoms with Crippen LogP contribution in [0.4, 0.5) is 11.5 Å². The Morgan fingerprint density at radius 2 is 1.68 bits per heavy atom. The van der Waals surface area contributed by atoms with Crippen LogP contribution in [0.25, 0.3) is 28.3 Å². The quantitative estimate of drug-likeness (QED) is 0.535. The summed E-state index contributed by atoms with van der Waals surface area (Å²) in [7, 11) is 0. The number of fused-ring (bicyclic) bond motifs is 3. The van der Waals surface area contributed by atoms with Crippen LogP contribution in [0.3, 0.4) is 0 Å². The largest absolute Gasteiger partial charge is 0.461 e. The Labute approximate surface area is 142 Å². The zero-order valence-electron chi connectivity index (χ0n) is 13.1. The molecule has 6 heteroatoms. The molecule has 0 aliphatic carbocycles. The van der Waals surface area contributed by atoms with Crippen molar-refractivity contribution >= 4 is 28.2 Å². The molecular formula is C19H13N5O. The predicted octanol–water partition coefficient (Wildman–Crippen LogP) is 4.28. The summed E-state index contributed by atoms with van der Waals surface area (Å²) < 4.78 is 7.24. The van der Waals surface area contributed by atoms with Gasteiger partial charge >= 0.3 is 0 Å². The molecule has 0 spiro atoms. The van der Waals surface area contributed by atoms with Gasteiger partial charge in [-0.2, -0.15) is 0 Å². The topological polar surface area (TPSA) is 68.2 Å². The molecule has 0 unspecified atom stereocenters. The second-order valence-corrected chi connectivity index (χ2v) is 5.59. The van der Waals surface area contributed by atoms with Gasteiger partial charge in [-0.25, -0.2) is 14.5 Å². The van der Waals surface area contributed by atoms with Crippen LogP contribution in [0.1, 0.15) is 0 Å². The summed E-state index contributed by atoms with van der Waals surface area (Å²) in [6, 6.07) is 21.4. The average molecular weight is 327 g/mol. The van der Waals surface area contributed by atoms with Crippen molar-refractivity contribution in [3.05, 3.63) is 73.0 Å². The summed E-state index contributed by atoms with van der Waals surface area (Å²) in [5.41, 5.74) is 3.31. The molecule has 5 aromatic rings. The van der Waals surface area contributed by atoms with Crippen molar-refractivity contribution in [3.8, 4) is 11.6 Å². The van der Waals surface area contributed by atoms with Gasteiger partial charge in [-0.1, -0.05) is 30.3 Å². The summed E-state index contributed by atoms with van der Waals surface area (Å²) in [5, 5.41) is 7.95. The third-order valence-electron chi connectivity index (χ3n) is 3.94. The normalized spacial score (nSPS) is 11.2. The van der Waals surface area contributed by atoms with Gasteiger partial charge in [-0.3, -0.25) is 0 Å². The van der Waals surface area contributed by atoms with Gasteiger partial charge in [0.2, 0.25) is 5.82 Å². The lowest BCUT2D eigenvalue weighted by molar-refractivity contribution is 0.577. The van der Waals surface area contributed by atoms with E-state index in [9.17, 15) is 0 Å². The third-order valence-corrected chi connectivity index (χ3v) is 3.94. The van der Waals surface area contributed by atoms with Gasteiger partial charge in [0.25, 0.3) is 0 Å². The number of nitrogens with one attached hydrogen (secondary N) is 1. The first-order chi connectivity index (χ1) is 12.4. The van der Waals surface area contributed by atoms with Crippen molar-refractivity contribution in [3.63, 3.8) is 0 Å². The zero-order chi connectivity index (χ0) is 16.6. The first-order valence-corrected chi connectivity index (χ1v) is 7.90. The monoisotopic (exact) mass is 327 g/mol. The number of rotatable bonds is 3. The van der Waals surface area contributed by atoms with Crippen LogP contribution < -0.4 is 5.32 Å². The van der Waals surface area contributed by atoms with Gasteiger partial charge in [0.1, 0.15) is 0 Å². The van der Waals surface area contributed by atoms with Crippen LogP contribution in [0.15, 0.2) is 77.4 Å². The first kappa shape index (κ1) is 13.7. The van der Waals surface area contributed by atoms with E-state index in [0.717, 1.165) is 16.7 Å². The van der Waals surface area contributed by atoms with E-state index in [0.29, 0.717) is 23.0 Å². The molecule has 3 aromatic heterocycles. The Bertz CT molecular complexity index is 1160. The summed E-state index contributed by atoms with van der Waals surface area (Å²) in [6.07, 6.45) is 1.61. The predicted molar refractivity (Wildman–Crippen MR) is 95.7 cm³/mol. The van der Waals surface area contributed by atoms with Gasteiger partial charge in [0, 0.05) is 5.69 Å². The van der Waals surface area contributed by atoms with Gasteiger partial charge in [0.05, 0.1) is 17.3 Å². The smallest absolute Gasteiger partial charge is 0.218 e. The van der Waals surface area contributed by atoms with Crippen LogP contribution in [0, 0.1) is 0 Å². The van der Waals surface area contributed by atoms with E-state index in [1.165, 1.54) is 0 Å². The number of benzene rings is 2. The molecule has 5 rings (SSSR count). The fourth-order valence-corrected chi connectivity index (χ4v) is 2.79.